The molecule has 28 heavy (non-hydrogen) atoms. The maximum atomic E-state index is 4.61. The van der Waals surface area contributed by atoms with Gasteiger partial charge in [0.05, 0.1) is 17.3 Å². The lowest BCUT2D eigenvalue weighted by Crippen LogP contribution is -2.42. The van der Waals surface area contributed by atoms with Gasteiger partial charge >= 0.3 is 0 Å². The molecule has 2 aromatic heterocycles. The van der Waals surface area contributed by atoms with Gasteiger partial charge in [-0.3, -0.25) is 0 Å². The van der Waals surface area contributed by atoms with Crippen molar-refractivity contribution in [1.29, 1.82) is 0 Å². The maximum absolute atomic E-state index is 4.61. The Hall–Kier alpha value is -3.41. The number of aromatic nitrogens is 4. The Labute approximate surface area is 163 Å². The van der Waals surface area contributed by atoms with E-state index in [-0.39, 0.29) is 0 Å². The van der Waals surface area contributed by atoms with Crippen LogP contribution in [-0.4, -0.2) is 38.9 Å². The fourth-order valence-electron chi connectivity index (χ4n) is 3.90. The molecule has 1 unspecified atom stereocenters. The Balaban J connectivity index is 1.43. The molecule has 4 aromatic rings. The van der Waals surface area contributed by atoms with Gasteiger partial charge in [0.15, 0.2) is 5.65 Å². The van der Waals surface area contributed by atoms with Crippen LogP contribution in [0.2, 0.25) is 0 Å². The highest BCUT2D eigenvalue weighted by Gasteiger charge is 2.23. The van der Waals surface area contributed by atoms with Crippen molar-refractivity contribution < 1.29 is 0 Å². The zero-order valence-corrected chi connectivity index (χ0v) is 15.6. The van der Waals surface area contributed by atoms with E-state index in [9.17, 15) is 0 Å². The minimum atomic E-state index is 0.394. The Morgan fingerprint density at radius 3 is 2.54 bits per heavy atom. The molecule has 0 aliphatic carbocycles. The second kappa shape index (κ2) is 7.31. The number of piperidine rings is 1. The molecule has 1 aliphatic rings. The third-order valence-electron chi connectivity index (χ3n) is 5.21. The third kappa shape index (κ3) is 3.17. The molecule has 6 nitrogen and oxygen atoms in total. The highest BCUT2D eigenvalue weighted by molar-refractivity contribution is 5.87. The molecule has 1 atom stereocenters. The molecular formula is C22H22N6. The number of anilines is 2. The van der Waals surface area contributed by atoms with E-state index in [4.69, 9.17) is 0 Å². The molecule has 1 fully saturated rings. The summed E-state index contributed by atoms with van der Waals surface area (Å²) in [5.74, 6) is 0.965. The number of benzene rings is 2. The fourth-order valence-corrected chi connectivity index (χ4v) is 3.90. The van der Waals surface area contributed by atoms with E-state index >= 15 is 0 Å². The zero-order chi connectivity index (χ0) is 18.8. The summed E-state index contributed by atoms with van der Waals surface area (Å²) in [4.78, 5) is 11.5. The van der Waals surface area contributed by atoms with Crippen molar-refractivity contribution in [3.05, 3.63) is 73.2 Å². The second-order valence-electron chi connectivity index (χ2n) is 7.12. The number of hydrogen-bond acceptors (Lipinski definition) is 5. The topological polar surface area (TPSA) is 58.9 Å². The highest BCUT2D eigenvalue weighted by Crippen LogP contribution is 2.27. The summed E-state index contributed by atoms with van der Waals surface area (Å²) in [5.41, 5.74) is 3.01. The number of hydrogen-bond donors (Lipinski definition) is 1. The van der Waals surface area contributed by atoms with Gasteiger partial charge in [-0.1, -0.05) is 36.4 Å². The van der Waals surface area contributed by atoms with Gasteiger partial charge < -0.3 is 10.2 Å². The van der Waals surface area contributed by atoms with Gasteiger partial charge in [-0.2, -0.15) is 5.10 Å². The first-order valence-electron chi connectivity index (χ1n) is 9.69. The Kier molecular flexibility index (Phi) is 4.37. The summed E-state index contributed by atoms with van der Waals surface area (Å²) in [5, 5.41) is 9.23. The minimum Gasteiger partial charge on any atom is -0.381 e. The maximum Gasteiger partial charge on any atom is 0.168 e. The SMILES string of the molecule is c1ccc(NC2CCCN(c3ncnc4c3cnn4-c3ccccc3)C2)cc1. The standard InChI is InChI=1S/C22H22N6/c1-3-8-17(9-4-1)26-18-10-7-13-27(15-18)21-20-14-25-28(22(20)24-16-23-21)19-11-5-2-6-12-19/h1-6,8-9,11-12,14,16,18,26H,7,10,13,15H2. The molecule has 0 saturated carbocycles. The van der Waals surface area contributed by atoms with Crippen molar-refractivity contribution in [2.45, 2.75) is 18.9 Å². The van der Waals surface area contributed by atoms with Crippen molar-refractivity contribution in [3.63, 3.8) is 0 Å². The molecule has 0 bridgehead atoms. The summed E-state index contributed by atoms with van der Waals surface area (Å²) in [6.45, 7) is 1.91. The minimum absolute atomic E-state index is 0.394. The van der Waals surface area contributed by atoms with E-state index in [0.29, 0.717) is 6.04 Å². The van der Waals surface area contributed by atoms with Crippen LogP contribution in [0, 0.1) is 0 Å². The van der Waals surface area contributed by atoms with E-state index in [1.807, 2.05) is 47.3 Å². The average Bonchev–Trinajstić information content (AvgIpc) is 3.20. The van der Waals surface area contributed by atoms with Crippen LogP contribution in [0.5, 0.6) is 0 Å². The van der Waals surface area contributed by atoms with E-state index in [1.165, 1.54) is 5.69 Å². The first-order valence-corrected chi connectivity index (χ1v) is 9.69. The highest BCUT2D eigenvalue weighted by atomic mass is 15.3. The monoisotopic (exact) mass is 370 g/mol. The van der Waals surface area contributed by atoms with Crippen molar-refractivity contribution in [2.75, 3.05) is 23.3 Å². The Morgan fingerprint density at radius 2 is 1.71 bits per heavy atom. The lowest BCUT2D eigenvalue weighted by molar-refractivity contribution is 0.527. The molecule has 6 heteroatoms. The van der Waals surface area contributed by atoms with Crippen LogP contribution in [0.25, 0.3) is 16.7 Å². The van der Waals surface area contributed by atoms with E-state index in [0.717, 1.165) is 48.5 Å². The fraction of sp³-hybridized carbons (Fsp3) is 0.227. The average molecular weight is 370 g/mol. The molecule has 140 valence electrons. The first kappa shape index (κ1) is 16.7. The van der Waals surface area contributed by atoms with Gasteiger partial charge in [0.1, 0.15) is 12.1 Å². The predicted octanol–water partition coefficient (Wildman–Crippen LogP) is 3.90. The molecule has 0 spiro atoms. The van der Waals surface area contributed by atoms with E-state index < -0.39 is 0 Å². The summed E-state index contributed by atoms with van der Waals surface area (Å²) in [6, 6.07) is 20.9. The number of para-hydroxylation sites is 2. The van der Waals surface area contributed by atoms with Gasteiger partial charge in [-0.05, 0) is 37.1 Å². The number of fused-ring (bicyclic) bond motifs is 1. The number of nitrogens with zero attached hydrogens (tertiary/aromatic N) is 5. The molecule has 0 amide bonds. The Morgan fingerprint density at radius 1 is 0.929 bits per heavy atom. The van der Waals surface area contributed by atoms with Crippen LogP contribution in [0.15, 0.2) is 73.2 Å². The van der Waals surface area contributed by atoms with Crippen LogP contribution in [0.1, 0.15) is 12.8 Å². The molecular weight excluding hydrogens is 348 g/mol. The lowest BCUT2D eigenvalue weighted by Gasteiger charge is -2.34. The van der Waals surface area contributed by atoms with Crippen LogP contribution in [0.4, 0.5) is 11.5 Å². The van der Waals surface area contributed by atoms with E-state index in [2.05, 4.69) is 49.5 Å². The normalized spacial score (nSPS) is 17.0. The molecule has 1 saturated heterocycles. The molecule has 1 aliphatic heterocycles. The third-order valence-corrected chi connectivity index (χ3v) is 5.21. The molecule has 5 rings (SSSR count). The van der Waals surface area contributed by atoms with Gasteiger partial charge in [-0.15, -0.1) is 0 Å². The summed E-state index contributed by atoms with van der Waals surface area (Å²) < 4.78 is 1.88. The largest absolute Gasteiger partial charge is 0.381 e. The molecule has 0 radical (unpaired) electrons. The molecule has 3 heterocycles. The molecule has 2 aromatic carbocycles. The Bertz CT molecular complexity index is 1060. The predicted molar refractivity (Wildman–Crippen MR) is 112 cm³/mol. The zero-order valence-electron chi connectivity index (χ0n) is 15.6. The van der Waals surface area contributed by atoms with Crippen LogP contribution < -0.4 is 10.2 Å². The molecule has 1 N–H and O–H groups in total. The van der Waals surface area contributed by atoms with Crippen LogP contribution >= 0.6 is 0 Å². The summed E-state index contributed by atoms with van der Waals surface area (Å²) >= 11 is 0. The summed E-state index contributed by atoms with van der Waals surface area (Å²) in [7, 11) is 0. The van der Waals surface area contributed by atoms with Gasteiger partial charge in [-0.25, -0.2) is 14.6 Å². The van der Waals surface area contributed by atoms with Crippen molar-refractivity contribution in [3.8, 4) is 5.69 Å². The van der Waals surface area contributed by atoms with Crippen LogP contribution in [0.3, 0.4) is 0 Å². The van der Waals surface area contributed by atoms with E-state index in [1.54, 1.807) is 6.33 Å². The van der Waals surface area contributed by atoms with Gasteiger partial charge in [0, 0.05) is 24.8 Å². The van der Waals surface area contributed by atoms with Gasteiger partial charge in [0.25, 0.3) is 0 Å². The quantitative estimate of drug-likeness (QED) is 0.590. The van der Waals surface area contributed by atoms with Crippen molar-refractivity contribution in [1.82, 2.24) is 19.7 Å². The lowest BCUT2D eigenvalue weighted by atomic mass is 10.0. The number of rotatable bonds is 4. The smallest absolute Gasteiger partial charge is 0.168 e. The number of nitrogens with one attached hydrogen (secondary N) is 1. The van der Waals surface area contributed by atoms with Crippen molar-refractivity contribution in [2.24, 2.45) is 0 Å². The first-order chi connectivity index (χ1) is 13.9. The van der Waals surface area contributed by atoms with Crippen molar-refractivity contribution >= 4 is 22.5 Å². The van der Waals surface area contributed by atoms with Gasteiger partial charge in [0.2, 0.25) is 0 Å². The summed E-state index contributed by atoms with van der Waals surface area (Å²) in [6.07, 6.45) is 5.81. The second-order valence-corrected chi connectivity index (χ2v) is 7.12. The van der Waals surface area contributed by atoms with Crippen LogP contribution in [-0.2, 0) is 0 Å².